The molecule has 84 valence electrons. The van der Waals surface area contributed by atoms with Gasteiger partial charge < -0.3 is 10.5 Å². The molecule has 0 radical (unpaired) electrons. The van der Waals surface area contributed by atoms with E-state index >= 15 is 0 Å². The fourth-order valence-corrected chi connectivity index (χ4v) is 3.01. The first-order valence-electron chi connectivity index (χ1n) is 4.63. The standard InChI is InChI=1S/C11H10Br2N2O/c1-5-3-6-9(15-11(5)14)7(12)4-8(13)10(6)16-2/h3-4H,1-2H3,(H2,14,15). The van der Waals surface area contributed by atoms with Crippen molar-refractivity contribution in [3.8, 4) is 5.75 Å². The van der Waals surface area contributed by atoms with E-state index in [1.807, 2.05) is 19.1 Å². The lowest BCUT2D eigenvalue weighted by Gasteiger charge is -2.11. The Morgan fingerprint density at radius 3 is 2.56 bits per heavy atom. The van der Waals surface area contributed by atoms with E-state index in [9.17, 15) is 0 Å². The monoisotopic (exact) mass is 344 g/mol. The summed E-state index contributed by atoms with van der Waals surface area (Å²) in [5.74, 6) is 1.31. The van der Waals surface area contributed by atoms with Crippen molar-refractivity contribution >= 4 is 48.6 Å². The van der Waals surface area contributed by atoms with Crippen molar-refractivity contribution in [2.24, 2.45) is 0 Å². The molecular formula is C11H10Br2N2O. The van der Waals surface area contributed by atoms with Crippen molar-refractivity contribution in [3.63, 3.8) is 0 Å². The van der Waals surface area contributed by atoms with Gasteiger partial charge in [-0.2, -0.15) is 0 Å². The number of methoxy groups -OCH3 is 1. The molecule has 0 fully saturated rings. The third-order valence-electron chi connectivity index (χ3n) is 2.40. The number of aromatic nitrogens is 1. The molecule has 0 saturated carbocycles. The summed E-state index contributed by atoms with van der Waals surface area (Å²) in [4.78, 5) is 4.35. The third kappa shape index (κ3) is 1.78. The Labute approximate surface area is 110 Å². The average molecular weight is 346 g/mol. The van der Waals surface area contributed by atoms with Crippen LogP contribution in [0, 0.1) is 6.92 Å². The predicted molar refractivity (Wildman–Crippen MR) is 72.8 cm³/mol. The number of aryl methyl sites for hydroxylation is 1. The molecule has 0 atom stereocenters. The van der Waals surface area contributed by atoms with Crippen LogP contribution in [0.25, 0.3) is 10.9 Å². The summed E-state index contributed by atoms with van der Waals surface area (Å²) in [5.41, 5.74) is 7.55. The molecule has 2 N–H and O–H groups in total. The summed E-state index contributed by atoms with van der Waals surface area (Å²) in [7, 11) is 1.64. The molecule has 2 rings (SSSR count). The first kappa shape index (κ1) is 11.7. The smallest absolute Gasteiger partial charge is 0.142 e. The van der Waals surface area contributed by atoms with Crippen molar-refractivity contribution in [3.05, 3.63) is 26.6 Å². The molecule has 0 amide bonds. The van der Waals surface area contributed by atoms with Crippen LogP contribution in [-0.4, -0.2) is 12.1 Å². The highest BCUT2D eigenvalue weighted by Gasteiger charge is 2.12. The Hall–Kier alpha value is -0.810. The fraction of sp³-hybridized carbons (Fsp3) is 0.182. The molecule has 1 heterocycles. The molecule has 1 aromatic carbocycles. The highest BCUT2D eigenvalue weighted by atomic mass is 79.9. The zero-order valence-corrected chi connectivity index (χ0v) is 12.0. The lowest BCUT2D eigenvalue weighted by atomic mass is 10.1. The quantitative estimate of drug-likeness (QED) is 0.858. The van der Waals surface area contributed by atoms with Gasteiger partial charge in [0.25, 0.3) is 0 Å². The van der Waals surface area contributed by atoms with Crippen molar-refractivity contribution < 1.29 is 4.74 Å². The maximum atomic E-state index is 5.80. The van der Waals surface area contributed by atoms with Gasteiger partial charge in [0.2, 0.25) is 0 Å². The molecule has 3 nitrogen and oxygen atoms in total. The summed E-state index contributed by atoms with van der Waals surface area (Å²) in [6.45, 7) is 1.93. The van der Waals surface area contributed by atoms with Crippen molar-refractivity contribution in [1.82, 2.24) is 4.98 Å². The van der Waals surface area contributed by atoms with Crippen LogP contribution in [-0.2, 0) is 0 Å². The minimum atomic E-state index is 0.539. The number of hydrogen-bond acceptors (Lipinski definition) is 3. The topological polar surface area (TPSA) is 48.1 Å². The Morgan fingerprint density at radius 1 is 1.25 bits per heavy atom. The Balaban J connectivity index is 2.94. The molecule has 5 heteroatoms. The van der Waals surface area contributed by atoms with E-state index in [0.29, 0.717) is 5.82 Å². The number of ether oxygens (including phenoxy) is 1. The fourth-order valence-electron chi connectivity index (χ4n) is 1.56. The van der Waals surface area contributed by atoms with E-state index < -0.39 is 0 Å². The van der Waals surface area contributed by atoms with Crippen molar-refractivity contribution in [2.75, 3.05) is 12.8 Å². The third-order valence-corrected chi connectivity index (χ3v) is 3.59. The number of nitrogens with zero attached hydrogens (tertiary/aromatic N) is 1. The van der Waals surface area contributed by atoms with Crippen LogP contribution in [0.1, 0.15) is 5.56 Å². The van der Waals surface area contributed by atoms with Gasteiger partial charge in [0.15, 0.2) is 0 Å². The van der Waals surface area contributed by atoms with Gasteiger partial charge in [0, 0.05) is 9.86 Å². The van der Waals surface area contributed by atoms with Gasteiger partial charge in [-0.3, -0.25) is 0 Å². The SMILES string of the molecule is COc1c(Br)cc(Br)c2nc(N)c(C)cc12. The van der Waals surface area contributed by atoms with Gasteiger partial charge in [0.05, 0.1) is 17.1 Å². The lowest BCUT2D eigenvalue weighted by Crippen LogP contribution is -1.97. The van der Waals surface area contributed by atoms with Crippen LogP contribution in [0.5, 0.6) is 5.75 Å². The van der Waals surface area contributed by atoms with Gasteiger partial charge in [0.1, 0.15) is 11.6 Å². The number of halogens is 2. The number of benzene rings is 1. The second-order valence-corrected chi connectivity index (χ2v) is 5.17. The maximum absolute atomic E-state index is 5.80. The lowest BCUT2D eigenvalue weighted by molar-refractivity contribution is 0.417. The number of rotatable bonds is 1. The first-order chi connectivity index (χ1) is 7.54. The van der Waals surface area contributed by atoms with Crippen molar-refractivity contribution in [2.45, 2.75) is 6.92 Å². The van der Waals surface area contributed by atoms with Crippen LogP contribution in [0.4, 0.5) is 5.82 Å². The average Bonchev–Trinajstić information content (AvgIpc) is 2.22. The maximum Gasteiger partial charge on any atom is 0.142 e. The number of nitrogens with two attached hydrogens (primary N) is 1. The summed E-state index contributed by atoms with van der Waals surface area (Å²) in [5, 5.41) is 0.940. The van der Waals surface area contributed by atoms with Gasteiger partial charge in [-0.15, -0.1) is 0 Å². The van der Waals surface area contributed by atoms with Crippen LogP contribution < -0.4 is 10.5 Å². The molecule has 2 aromatic rings. The van der Waals surface area contributed by atoms with Gasteiger partial charge in [-0.1, -0.05) is 0 Å². The van der Waals surface area contributed by atoms with Gasteiger partial charge >= 0.3 is 0 Å². The molecule has 0 spiro atoms. The van der Waals surface area contributed by atoms with Crippen LogP contribution in [0.3, 0.4) is 0 Å². The summed E-state index contributed by atoms with van der Waals surface area (Å²) < 4.78 is 7.14. The van der Waals surface area contributed by atoms with Gasteiger partial charge in [-0.05, 0) is 56.5 Å². The number of pyridine rings is 1. The van der Waals surface area contributed by atoms with E-state index in [1.165, 1.54) is 0 Å². The molecule has 16 heavy (non-hydrogen) atoms. The zero-order chi connectivity index (χ0) is 11.9. The van der Waals surface area contributed by atoms with Crippen LogP contribution in [0.15, 0.2) is 21.1 Å². The summed E-state index contributed by atoms with van der Waals surface area (Å²) in [6.07, 6.45) is 0. The Bertz CT molecular complexity index is 570. The molecule has 0 aliphatic carbocycles. The minimum absolute atomic E-state index is 0.539. The number of anilines is 1. The first-order valence-corrected chi connectivity index (χ1v) is 6.22. The zero-order valence-electron chi connectivity index (χ0n) is 8.84. The molecule has 0 unspecified atom stereocenters. The highest BCUT2D eigenvalue weighted by Crippen LogP contribution is 2.38. The van der Waals surface area contributed by atoms with Crippen LogP contribution >= 0.6 is 31.9 Å². The van der Waals surface area contributed by atoms with E-state index in [0.717, 1.165) is 31.2 Å². The Kier molecular flexibility index (Phi) is 3.08. The molecule has 0 aliphatic heterocycles. The minimum Gasteiger partial charge on any atom is -0.495 e. The number of nitrogen functional groups attached to an aromatic ring is 1. The Morgan fingerprint density at radius 2 is 1.94 bits per heavy atom. The molecule has 1 aromatic heterocycles. The second-order valence-electron chi connectivity index (χ2n) is 3.46. The molecule has 0 bridgehead atoms. The molecular weight excluding hydrogens is 336 g/mol. The van der Waals surface area contributed by atoms with E-state index in [2.05, 4.69) is 36.8 Å². The number of hydrogen-bond donors (Lipinski definition) is 1. The highest BCUT2D eigenvalue weighted by molar-refractivity contribution is 9.11. The normalized spacial score (nSPS) is 10.8. The molecule has 0 aliphatic rings. The predicted octanol–water partition coefficient (Wildman–Crippen LogP) is 3.66. The summed E-state index contributed by atoms with van der Waals surface area (Å²) in [6, 6.07) is 3.88. The second kappa shape index (κ2) is 4.22. The van der Waals surface area contributed by atoms with Gasteiger partial charge in [-0.25, -0.2) is 4.98 Å². The van der Waals surface area contributed by atoms with E-state index in [4.69, 9.17) is 10.5 Å². The van der Waals surface area contributed by atoms with Crippen LogP contribution in [0.2, 0.25) is 0 Å². The number of fused-ring (bicyclic) bond motifs is 1. The van der Waals surface area contributed by atoms with Crippen molar-refractivity contribution in [1.29, 1.82) is 0 Å². The van der Waals surface area contributed by atoms with E-state index in [1.54, 1.807) is 7.11 Å². The molecule has 0 saturated heterocycles. The largest absolute Gasteiger partial charge is 0.495 e. The van der Waals surface area contributed by atoms with E-state index in [-0.39, 0.29) is 0 Å². The summed E-state index contributed by atoms with van der Waals surface area (Å²) >= 11 is 6.92.